The molecule has 196 valence electrons. The van der Waals surface area contributed by atoms with Gasteiger partial charge in [0.1, 0.15) is 5.82 Å². The molecule has 0 aliphatic carbocycles. The van der Waals surface area contributed by atoms with Gasteiger partial charge in [0, 0.05) is 49.3 Å². The molecule has 0 atom stereocenters. The van der Waals surface area contributed by atoms with Gasteiger partial charge in [0.05, 0.1) is 17.8 Å². The lowest BCUT2D eigenvalue weighted by molar-refractivity contribution is -0.0741. The van der Waals surface area contributed by atoms with Crippen LogP contribution in [0.2, 0.25) is 0 Å². The summed E-state index contributed by atoms with van der Waals surface area (Å²) in [7, 11) is 0. The van der Waals surface area contributed by atoms with E-state index in [1.807, 2.05) is 48.2 Å². The number of rotatable bonds is 4. The number of anilines is 3. The van der Waals surface area contributed by atoms with Crippen LogP contribution >= 0.6 is 0 Å². The van der Waals surface area contributed by atoms with Crippen molar-refractivity contribution in [2.24, 2.45) is 0 Å². The van der Waals surface area contributed by atoms with Crippen LogP contribution in [0.15, 0.2) is 54.7 Å². The molecule has 4 heterocycles. The van der Waals surface area contributed by atoms with Crippen molar-refractivity contribution in [2.75, 3.05) is 42.1 Å². The van der Waals surface area contributed by atoms with E-state index in [4.69, 9.17) is 10.5 Å². The van der Waals surface area contributed by atoms with Crippen LogP contribution in [0.4, 0.5) is 17.2 Å². The first-order chi connectivity index (χ1) is 18.4. The van der Waals surface area contributed by atoms with Gasteiger partial charge in [-0.15, -0.1) is 0 Å². The van der Waals surface area contributed by atoms with Crippen LogP contribution in [0.3, 0.4) is 0 Å². The van der Waals surface area contributed by atoms with Crippen LogP contribution in [-0.4, -0.2) is 47.9 Å². The van der Waals surface area contributed by atoms with Crippen molar-refractivity contribution in [3.63, 3.8) is 0 Å². The normalized spacial score (nSPS) is 18.0. The average molecular weight is 512 g/mol. The predicted octanol–water partition coefficient (Wildman–Crippen LogP) is 4.49. The SMILES string of the molecule is Cc1ccc(C(=O)N2CCC3(CC2)OCc2cc(N)ccc23)cc1NC(=O)c1ccc(N2CCCC2)nc1. The number of nitrogens with two attached hydrogens (primary N) is 1. The summed E-state index contributed by atoms with van der Waals surface area (Å²) < 4.78 is 6.25. The molecule has 2 aromatic carbocycles. The second-order valence-corrected chi connectivity index (χ2v) is 10.6. The first-order valence-electron chi connectivity index (χ1n) is 13.4. The largest absolute Gasteiger partial charge is 0.399 e. The number of hydrogen-bond acceptors (Lipinski definition) is 6. The number of amides is 2. The molecule has 38 heavy (non-hydrogen) atoms. The first-order valence-corrected chi connectivity index (χ1v) is 13.4. The number of nitrogen functional groups attached to an aromatic ring is 1. The Morgan fingerprint density at radius 3 is 2.47 bits per heavy atom. The number of aryl methyl sites for hydroxylation is 1. The molecule has 3 aliphatic heterocycles. The van der Waals surface area contributed by atoms with E-state index in [1.54, 1.807) is 12.3 Å². The molecule has 3 aromatic rings. The summed E-state index contributed by atoms with van der Waals surface area (Å²) in [6, 6.07) is 15.2. The van der Waals surface area contributed by atoms with E-state index in [2.05, 4.69) is 21.3 Å². The Bertz CT molecular complexity index is 1370. The number of carbonyl (C=O) groups excluding carboxylic acids is 2. The summed E-state index contributed by atoms with van der Waals surface area (Å²) in [6.45, 7) is 5.70. The number of pyridine rings is 1. The molecular weight excluding hydrogens is 478 g/mol. The Labute approximate surface area is 222 Å². The smallest absolute Gasteiger partial charge is 0.257 e. The number of carbonyl (C=O) groups is 2. The molecule has 2 amide bonds. The molecule has 1 aromatic heterocycles. The number of nitrogens with one attached hydrogen (secondary N) is 1. The Kier molecular flexibility index (Phi) is 6.27. The highest BCUT2D eigenvalue weighted by Gasteiger charge is 2.43. The molecule has 2 fully saturated rings. The van der Waals surface area contributed by atoms with Gasteiger partial charge in [-0.2, -0.15) is 0 Å². The maximum atomic E-state index is 13.4. The van der Waals surface area contributed by atoms with E-state index in [1.165, 1.54) is 18.4 Å². The van der Waals surface area contributed by atoms with Gasteiger partial charge in [-0.3, -0.25) is 9.59 Å². The van der Waals surface area contributed by atoms with E-state index in [0.29, 0.717) is 36.5 Å². The molecular formula is C30H33N5O3. The lowest BCUT2D eigenvalue weighted by Gasteiger charge is -2.39. The minimum Gasteiger partial charge on any atom is -0.399 e. The van der Waals surface area contributed by atoms with Gasteiger partial charge in [-0.05, 0) is 85.7 Å². The molecule has 8 nitrogen and oxygen atoms in total. The fourth-order valence-electron chi connectivity index (χ4n) is 5.88. The van der Waals surface area contributed by atoms with Crippen LogP contribution in [0.25, 0.3) is 0 Å². The summed E-state index contributed by atoms with van der Waals surface area (Å²) in [5.41, 5.74) is 11.3. The van der Waals surface area contributed by atoms with Crippen molar-refractivity contribution < 1.29 is 14.3 Å². The molecule has 1 spiro atoms. The van der Waals surface area contributed by atoms with Gasteiger partial charge in [-0.1, -0.05) is 12.1 Å². The fraction of sp³-hybridized carbons (Fsp3) is 0.367. The van der Waals surface area contributed by atoms with Crippen LogP contribution in [0.5, 0.6) is 0 Å². The van der Waals surface area contributed by atoms with E-state index in [9.17, 15) is 9.59 Å². The van der Waals surface area contributed by atoms with Crippen molar-refractivity contribution in [3.05, 3.63) is 82.5 Å². The Hall–Kier alpha value is -3.91. The van der Waals surface area contributed by atoms with Crippen molar-refractivity contribution in [3.8, 4) is 0 Å². The second-order valence-electron chi connectivity index (χ2n) is 10.6. The minimum absolute atomic E-state index is 0.0393. The lowest BCUT2D eigenvalue weighted by Crippen LogP contribution is -2.45. The summed E-state index contributed by atoms with van der Waals surface area (Å²) in [5.74, 6) is 0.625. The average Bonchev–Trinajstić information content (AvgIpc) is 3.59. The summed E-state index contributed by atoms with van der Waals surface area (Å²) in [6.07, 6.45) is 5.45. The summed E-state index contributed by atoms with van der Waals surface area (Å²) in [5, 5.41) is 2.98. The second kappa shape index (κ2) is 9.76. The monoisotopic (exact) mass is 511 g/mol. The molecule has 0 radical (unpaired) electrons. The Morgan fingerprint density at radius 2 is 1.74 bits per heavy atom. The fourth-order valence-corrected chi connectivity index (χ4v) is 5.88. The quantitative estimate of drug-likeness (QED) is 0.501. The minimum atomic E-state index is -0.343. The van der Waals surface area contributed by atoms with Crippen molar-refractivity contribution in [1.29, 1.82) is 0 Å². The van der Waals surface area contributed by atoms with Gasteiger partial charge < -0.3 is 25.6 Å². The standard InChI is InChI=1S/C30H33N5O3/c1-20-4-5-21(17-26(20)33-28(36)22-6-9-27(32-18-22)34-12-2-3-13-34)29(37)35-14-10-30(11-15-35)25-8-7-24(31)16-23(25)19-38-30/h4-9,16-18H,2-3,10-15,19,31H2,1H3,(H,33,36). The van der Waals surface area contributed by atoms with Gasteiger partial charge in [-0.25, -0.2) is 4.98 Å². The van der Waals surface area contributed by atoms with Gasteiger partial charge >= 0.3 is 0 Å². The predicted molar refractivity (Wildman–Crippen MR) is 147 cm³/mol. The molecule has 8 heteroatoms. The Balaban J connectivity index is 1.12. The first kappa shape index (κ1) is 24.4. The van der Waals surface area contributed by atoms with Crippen LogP contribution in [0, 0.1) is 6.92 Å². The number of piperidine rings is 1. The van der Waals surface area contributed by atoms with Crippen LogP contribution < -0.4 is 16.0 Å². The topological polar surface area (TPSA) is 101 Å². The third-order valence-electron chi connectivity index (χ3n) is 8.16. The van der Waals surface area contributed by atoms with Crippen LogP contribution in [0.1, 0.15) is 63.1 Å². The molecule has 0 bridgehead atoms. The molecule has 3 N–H and O–H groups in total. The molecule has 3 aliphatic rings. The molecule has 2 saturated heterocycles. The highest BCUT2D eigenvalue weighted by atomic mass is 16.5. The summed E-state index contributed by atoms with van der Waals surface area (Å²) >= 11 is 0. The Morgan fingerprint density at radius 1 is 0.974 bits per heavy atom. The van der Waals surface area contributed by atoms with E-state index in [-0.39, 0.29) is 17.4 Å². The number of hydrogen-bond donors (Lipinski definition) is 2. The van der Waals surface area contributed by atoms with E-state index < -0.39 is 0 Å². The van der Waals surface area contributed by atoms with Crippen LogP contribution in [-0.2, 0) is 16.9 Å². The van der Waals surface area contributed by atoms with E-state index >= 15 is 0 Å². The van der Waals surface area contributed by atoms with Crippen molar-refractivity contribution in [1.82, 2.24) is 9.88 Å². The molecule has 0 unspecified atom stereocenters. The van der Waals surface area contributed by atoms with Crippen molar-refractivity contribution >= 4 is 29.0 Å². The molecule has 0 saturated carbocycles. The van der Waals surface area contributed by atoms with E-state index in [0.717, 1.165) is 48.6 Å². The highest BCUT2D eigenvalue weighted by Crippen LogP contribution is 2.44. The summed E-state index contributed by atoms with van der Waals surface area (Å²) in [4.78, 5) is 35.0. The van der Waals surface area contributed by atoms with Gasteiger partial charge in [0.15, 0.2) is 0 Å². The van der Waals surface area contributed by atoms with Crippen molar-refractivity contribution in [2.45, 2.75) is 44.8 Å². The number of nitrogens with zero attached hydrogens (tertiary/aromatic N) is 3. The zero-order chi connectivity index (χ0) is 26.3. The number of fused-ring (bicyclic) bond motifs is 2. The third kappa shape index (κ3) is 4.49. The maximum Gasteiger partial charge on any atom is 0.257 e. The molecule has 6 rings (SSSR count). The maximum absolute atomic E-state index is 13.4. The third-order valence-corrected chi connectivity index (χ3v) is 8.16. The highest BCUT2D eigenvalue weighted by molar-refractivity contribution is 6.05. The van der Waals surface area contributed by atoms with Gasteiger partial charge in [0.2, 0.25) is 0 Å². The van der Waals surface area contributed by atoms with Gasteiger partial charge in [0.25, 0.3) is 11.8 Å². The number of ether oxygens (including phenoxy) is 1. The lowest BCUT2D eigenvalue weighted by atomic mass is 9.83. The zero-order valence-electron chi connectivity index (χ0n) is 21.7. The zero-order valence-corrected chi connectivity index (χ0v) is 21.7. The number of likely N-dealkylation sites (tertiary alicyclic amines) is 1. The number of benzene rings is 2. The number of aromatic nitrogens is 1.